The molecule has 0 unspecified atom stereocenters. The third-order valence-corrected chi connectivity index (χ3v) is 5.24. The number of aromatic amines is 1. The van der Waals surface area contributed by atoms with Crippen LogP contribution in [0.25, 0.3) is 10.9 Å². The average Bonchev–Trinajstić information content (AvgIpc) is 2.94. The van der Waals surface area contributed by atoms with Crippen LogP contribution in [0.3, 0.4) is 0 Å². The van der Waals surface area contributed by atoms with E-state index in [4.69, 9.17) is 16.5 Å². The quantitative estimate of drug-likeness (QED) is 0.710. The average molecular weight is 376 g/mol. The predicted molar refractivity (Wildman–Crippen MR) is 95.3 cm³/mol. The van der Waals surface area contributed by atoms with Crippen molar-refractivity contribution in [2.45, 2.75) is 37.8 Å². The fourth-order valence-corrected chi connectivity index (χ4v) is 4.13. The maximum Gasteiger partial charge on any atom is 0.220 e. The van der Waals surface area contributed by atoms with Crippen molar-refractivity contribution in [1.82, 2.24) is 10.2 Å². The Kier molecular flexibility index (Phi) is 3.29. The van der Waals surface area contributed by atoms with E-state index in [9.17, 15) is 0 Å². The zero-order valence-electron chi connectivity index (χ0n) is 12.6. The monoisotopic (exact) mass is 375 g/mol. The largest absolute Gasteiger partial charge is 0.369 e. The topological polar surface area (TPSA) is 109 Å². The van der Waals surface area contributed by atoms with Gasteiger partial charge in [0.1, 0.15) is 5.66 Å². The molecule has 5 N–H and O–H groups in total. The number of nitrogens with one attached hydrogen (secondary N) is 1. The summed E-state index contributed by atoms with van der Waals surface area (Å²) >= 11 is 3.66. The van der Waals surface area contributed by atoms with Gasteiger partial charge in [-0.05, 0) is 53.7 Å². The van der Waals surface area contributed by atoms with E-state index in [2.05, 4.69) is 31.1 Å². The normalized spacial score (nSPS) is 20.7. The molecule has 1 saturated carbocycles. The smallest absolute Gasteiger partial charge is 0.220 e. The molecule has 0 radical (unpaired) electrons. The number of aromatic nitrogens is 2. The molecular weight excluding hydrogens is 358 g/mol. The van der Waals surface area contributed by atoms with Crippen molar-refractivity contribution in [3.63, 3.8) is 0 Å². The van der Waals surface area contributed by atoms with Gasteiger partial charge in [-0.2, -0.15) is 10.1 Å². The van der Waals surface area contributed by atoms with Crippen molar-refractivity contribution in [3.8, 4) is 0 Å². The van der Waals surface area contributed by atoms with Crippen molar-refractivity contribution < 1.29 is 0 Å². The third kappa shape index (κ3) is 2.28. The Morgan fingerprint density at radius 3 is 2.74 bits per heavy atom. The summed E-state index contributed by atoms with van der Waals surface area (Å²) in [5.41, 5.74) is 13.6. The highest BCUT2D eigenvalue weighted by molar-refractivity contribution is 9.10. The molecule has 1 aliphatic carbocycles. The van der Waals surface area contributed by atoms with Gasteiger partial charge in [-0.3, -0.25) is 10.00 Å². The molecule has 0 atom stereocenters. The fraction of sp³-hybridized carbons (Fsp3) is 0.400. The molecule has 8 heteroatoms. The van der Waals surface area contributed by atoms with Crippen LogP contribution in [0, 0.1) is 0 Å². The summed E-state index contributed by atoms with van der Waals surface area (Å²) in [6, 6.07) is 4.06. The van der Waals surface area contributed by atoms with Crippen LogP contribution in [0.2, 0.25) is 0 Å². The second-order valence-corrected chi connectivity index (χ2v) is 6.93. The van der Waals surface area contributed by atoms with Crippen molar-refractivity contribution in [2.24, 2.45) is 21.5 Å². The van der Waals surface area contributed by atoms with E-state index < -0.39 is 5.66 Å². The second kappa shape index (κ2) is 5.23. The first-order valence-electron chi connectivity index (χ1n) is 7.71. The molecule has 4 rings (SSSR count). The third-order valence-electron chi connectivity index (χ3n) is 4.60. The van der Waals surface area contributed by atoms with Crippen LogP contribution in [0.1, 0.15) is 32.1 Å². The Balaban J connectivity index is 1.89. The molecule has 2 aliphatic rings. The van der Waals surface area contributed by atoms with Gasteiger partial charge in [0.2, 0.25) is 11.9 Å². The van der Waals surface area contributed by atoms with Crippen molar-refractivity contribution in [3.05, 3.63) is 22.8 Å². The summed E-state index contributed by atoms with van der Waals surface area (Å²) in [6.07, 6.45) is 7.04. The molecule has 0 bridgehead atoms. The number of nitrogens with two attached hydrogens (primary N) is 2. The Morgan fingerprint density at radius 2 is 1.96 bits per heavy atom. The van der Waals surface area contributed by atoms with E-state index in [1.807, 2.05) is 17.0 Å². The van der Waals surface area contributed by atoms with Crippen LogP contribution in [-0.2, 0) is 0 Å². The van der Waals surface area contributed by atoms with Crippen LogP contribution in [0.15, 0.2) is 32.8 Å². The van der Waals surface area contributed by atoms with E-state index in [1.54, 1.807) is 6.20 Å². The molecule has 1 fully saturated rings. The van der Waals surface area contributed by atoms with Gasteiger partial charge in [-0.1, -0.05) is 6.42 Å². The highest BCUT2D eigenvalue weighted by atomic mass is 79.9. The molecule has 2 heterocycles. The van der Waals surface area contributed by atoms with Gasteiger partial charge in [0.25, 0.3) is 0 Å². The number of benzene rings is 1. The minimum Gasteiger partial charge on any atom is -0.369 e. The summed E-state index contributed by atoms with van der Waals surface area (Å²) in [4.78, 5) is 10.9. The summed E-state index contributed by atoms with van der Waals surface area (Å²) in [7, 11) is 0. The molecule has 2 aromatic rings. The molecule has 1 spiro atoms. The van der Waals surface area contributed by atoms with E-state index >= 15 is 0 Å². The number of nitrogens with zero attached hydrogens (tertiary/aromatic N) is 4. The first kappa shape index (κ1) is 14.5. The van der Waals surface area contributed by atoms with Gasteiger partial charge in [-0.15, -0.1) is 0 Å². The molecule has 1 aromatic carbocycles. The number of aliphatic imine (C=N–C) groups is 2. The molecule has 7 nitrogen and oxygen atoms in total. The molecule has 0 saturated heterocycles. The van der Waals surface area contributed by atoms with Crippen LogP contribution < -0.4 is 16.4 Å². The van der Waals surface area contributed by atoms with Crippen LogP contribution >= 0.6 is 15.9 Å². The second-order valence-electron chi connectivity index (χ2n) is 6.08. The first-order chi connectivity index (χ1) is 11.1. The Hall–Kier alpha value is -2.09. The molecule has 23 heavy (non-hydrogen) atoms. The highest BCUT2D eigenvalue weighted by Gasteiger charge is 2.43. The summed E-state index contributed by atoms with van der Waals surface area (Å²) in [5, 5.41) is 8.13. The number of H-pyrrole nitrogens is 1. The molecule has 0 amide bonds. The number of fused-ring (bicyclic) bond motifs is 1. The van der Waals surface area contributed by atoms with Crippen LogP contribution in [-0.4, -0.2) is 27.8 Å². The van der Waals surface area contributed by atoms with Crippen molar-refractivity contribution >= 4 is 44.4 Å². The lowest BCUT2D eigenvalue weighted by Crippen LogP contribution is -2.58. The Bertz CT molecular complexity index is 816. The lowest BCUT2D eigenvalue weighted by atomic mass is 9.87. The van der Waals surface area contributed by atoms with Gasteiger partial charge in [0.05, 0.1) is 17.4 Å². The van der Waals surface area contributed by atoms with Gasteiger partial charge in [0, 0.05) is 9.86 Å². The van der Waals surface area contributed by atoms with Gasteiger partial charge >= 0.3 is 0 Å². The van der Waals surface area contributed by atoms with E-state index in [0.717, 1.165) is 46.7 Å². The number of rotatable bonds is 1. The van der Waals surface area contributed by atoms with Gasteiger partial charge < -0.3 is 11.5 Å². The number of guanidine groups is 2. The van der Waals surface area contributed by atoms with Crippen LogP contribution in [0.4, 0.5) is 5.69 Å². The molecule has 120 valence electrons. The Labute approximate surface area is 142 Å². The Morgan fingerprint density at radius 1 is 1.17 bits per heavy atom. The molecule has 1 aromatic heterocycles. The first-order valence-corrected chi connectivity index (χ1v) is 8.51. The summed E-state index contributed by atoms with van der Waals surface area (Å²) in [5.74, 6) is 0.651. The van der Waals surface area contributed by atoms with Crippen molar-refractivity contribution in [2.75, 3.05) is 4.90 Å². The van der Waals surface area contributed by atoms with E-state index in [-0.39, 0.29) is 5.96 Å². The standard InChI is InChI=1S/C15H18BrN7/c16-10-6-9-8-19-22-11(9)7-12(10)23-14(18)20-13(17)21-15(23)4-2-1-3-5-15/h6-8H,1-5H2,(H,19,22)(H4,17,18,20,21). The number of halogens is 1. The number of hydrogen-bond acceptors (Lipinski definition) is 6. The van der Waals surface area contributed by atoms with Gasteiger partial charge in [-0.25, -0.2) is 4.99 Å². The fourth-order valence-electron chi connectivity index (χ4n) is 3.59. The maximum atomic E-state index is 6.26. The minimum absolute atomic E-state index is 0.263. The van der Waals surface area contributed by atoms with E-state index in [0.29, 0.717) is 5.96 Å². The summed E-state index contributed by atoms with van der Waals surface area (Å²) < 4.78 is 0.935. The highest BCUT2D eigenvalue weighted by Crippen LogP contribution is 2.42. The summed E-state index contributed by atoms with van der Waals surface area (Å²) in [6.45, 7) is 0. The maximum absolute atomic E-state index is 6.26. The van der Waals surface area contributed by atoms with Crippen molar-refractivity contribution in [1.29, 1.82) is 0 Å². The zero-order valence-corrected chi connectivity index (χ0v) is 14.2. The predicted octanol–water partition coefficient (Wildman–Crippen LogP) is 2.44. The SMILES string of the molecule is NC1=NC2(CCCCC2)N(c2cc3[nH]ncc3cc2Br)C(N)=N1. The molecule has 1 aliphatic heterocycles. The number of hydrogen-bond donors (Lipinski definition) is 3. The zero-order chi connectivity index (χ0) is 16.0. The molecular formula is C15H18BrN7. The van der Waals surface area contributed by atoms with Crippen LogP contribution in [0.5, 0.6) is 0 Å². The lowest BCUT2D eigenvalue weighted by molar-refractivity contribution is 0.305. The minimum atomic E-state index is -0.440. The number of anilines is 1. The van der Waals surface area contributed by atoms with E-state index in [1.165, 1.54) is 6.42 Å². The van der Waals surface area contributed by atoms with Gasteiger partial charge in [0.15, 0.2) is 0 Å². The lowest BCUT2D eigenvalue weighted by Gasteiger charge is -2.45.